The molecule has 1 aromatic rings. The molecule has 1 N–H and O–H groups in total. The van der Waals surface area contributed by atoms with Gasteiger partial charge in [-0.25, -0.2) is 0 Å². The third-order valence-corrected chi connectivity index (χ3v) is 6.09. The van der Waals surface area contributed by atoms with E-state index < -0.39 is 6.10 Å². The van der Waals surface area contributed by atoms with Gasteiger partial charge in [0.25, 0.3) is 0 Å². The predicted octanol–water partition coefficient (Wildman–Crippen LogP) is 1.54. The Morgan fingerprint density at radius 1 is 1.17 bits per heavy atom. The molecule has 1 spiro atoms. The van der Waals surface area contributed by atoms with Crippen molar-refractivity contribution in [3.05, 3.63) is 24.3 Å². The quantitative estimate of drug-likeness (QED) is 0.803. The monoisotopic (exact) mass is 404 g/mol. The van der Waals surface area contributed by atoms with Crippen molar-refractivity contribution in [3.63, 3.8) is 0 Å². The Kier molecular flexibility index (Phi) is 5.99. The average molecular weight is 405 g/mol. The standard InChI is InChI=1S/C22H32N2O5/c1-16(2)11-24-15-22(28-14-21(24)26)7-9-23(10-8-22)12-17(25)20-13-27-18-5-3-4-6-19(18)29-20/h3-6,16-17,20,25H,7-15H2,1-2H3. The molecule has 3 aliphatic rings. The molecule has 0 aliphatic carbocycles. The van der Waals surface area contributed by atoms with Gasteiger partial charge >= 0.3 is 0 Å². The van der Waals surface area contributed by atoms with E-state index in [1.807, 2.05) is 29.2 Å². The molecular weight excluding hydrogens is 372 g/mol. The first kappa shape index (κ1) is 20.4. The number of amides is 1. The van der Waals surface area contributed by atoms with E-state index in [1.165, 1.54) is 0 Å². The number of likely N-dealkylation sites (tertiary alicyclic amines) is 1. The van der Waals surface area contributed by atoms with Gasteiger partial charge in [-0.3, -0.25) is 4.79 Å². The summed E-state index contributed by atoms with van der Waals surface area (Å²) in [7, 11) is 0. The molecule has 1 aromatic carbocycles. The molecule has 2 unspecified atom stereocenters. The van der Waals surface area contributed by atoms with Gasteiger partial charge in [0.1, 0.15) is 19.3 Å². The first-order valence-corrected chi connectivity index (χ1v) is 10.6. The van der Waals surface area contributed by atoms with Crippen molar-refractivity contribution in [2.24, 2.45) is 5.92 Å². The van der Waals surface area contributed by atoms with Crippen molar-refractivity contribution < 1.29 is 24.1 Å². The van der Waals surface area contributed by atoms with E-state index in [0.717, 1.165) is 38.2 Å². The van der Waals surface area contributed by atoms with Crippen LogP contribution >= 0.6 is 0 Å². The van der Waals surface area contributed by atoms with Crippen LogP contribution in [0.3, 0.4) is 0 Å². The third kappa shape index (κ3) is 4.68. The highest BCUT2D eigenvalue weighted by molar-refractivity contribution is 5.78. The maximum absolute atomic E-state index is 12.2. The van der Waals surface area contributed by atoms with E-state index in [1.54, 1.807) is 0 Å². The van der Waals surface area contributed by atoms with Gasteiger partial charge in [-0.1, -0.05) is 26.0 Å². The molecule has 0 radical (unpaired) electrons. The third-order valence-electron chi connectivity index (χ3n) is 6.09. The zero-order chi connectivity index (χ0) is 20.4. The highest BCUT2D eigenvalue weighted by Gasteiger charge is 2.42. The number of piperidine rings is 1. The summed E-state index contributed by atoms with van der Waals surface area (Å²) in [4.78, 5) is 16.4. The molecule has 2 saturated heterocycles. The van der Waals surface area contributed by atoms with E-state index in [4.69, 9.17) is 14.2 Å². The lowest BCUT2D eigenvalue weighted by atomic mass is 9.88. The molecule has 0 bridgehead atoms. The van der Waals surface area contributed by atoms with Crippen LogP contribution in [-0.2, 0) is 9.53 Å². The van der Waals surface area contributed by atoms with Crippen LogP contribution in [0.5, 0.6) is 11.5 Å². The van der Waals surface area contributed by atoms with E-state index in [-0.39, 0.29) is 24.2 Å². The number of nitrogens with zero attached hydrogens (tertiary/aromatic N) is 2. The smallest absolute Gasteiger partial charge is 0.248 e. The van der Waals surface area contributed by atoms with Gasteiger partial charge < -0.3 is 29.1 Å². The zero-order valence-corrected chi connectivity index (χ0v) is 17.4. The van der Waals surface area contributed by atoms with E-state index >= 15 is 0 Å². The van der Waals surface area contributed by atoms with Crippen molar-refractivity contribution in [3.8, 4) is 11.5 Å². The molecule has 0 saturated carbocycles. The number of benzene rings is 1. The highest BCUT2D eigenvalue weighted by Crippen LogP contribution is 2.33. The molecule has 0 aromatic heterocycles. The van der Waals surface area contributed by atoms with Crippen LogP contribution in [0, 0.1) is 5.92 Å². The van der Waals surface area contributed by atoms with E-state index in [0.29, 0.717) is 31.4 Å². The fraction of sp³-hybridized carbons (Fsp3) is 0.682. The predicted molar refractivity (Wildman–Crippen MR) is 108 cm³/mol. The normalized spacial score (nSPS) is 25.4. The fourth-order valence-corrected chi connectivity index (χ4v) is 4.45. The fourth-order valence-electron chi connectivity index (χ4n) is 4.45. The van der Waals surface area contributed by atoms with Crippen molar-refractivity contribution in [1.29, 1.82) is 0 Å². The number of rotatable bonds is 5. The first-order valence-electron chi connectivity index (χ1n) is 10.6. The summed E-state index contributed by atoms with van der Waals surface area (Å²) in [5.74, 6) is 1.96. The maximum Gasteiger partial charge on any atom is 0.248 e. The van der Waals surface area contributed by atoms with Gasteiger partial charge in [-0.05, 0) is 30.9 Å². The number of hydrogen-bond acceptors (Lipinski definition) is 6. The summed E-state index contributed by atoms with van der Waals surface area (Å²) in [5, 5.41) is 10.7. The number of aliphatic hydroxyl groups is 1. The van der Waals surface area contributed by atoms with Crippen molar-refractivity contribution in [2.75, 3.05) is 45.9 Å². The minimum atomic E-state index is -0.622. The SMILES string of the molecule is CC(C)CN1CC2(CCN(CC(O)C3COc4ccccc4O3)CC2)OCC1=O. The number of hydrogen-bond donors (Lipinski definition) is 1. The Morgan fingerprint density at radius 3 is 2.62 bits per heavy atom. The van der Waals surface area contributed by atoms with Crippen molar-refractivity contribution in [1.82, 2.24) is 9.80 Å². The maximum atomic E-state index is 12.2. The average Bonchev–Trinajstić information content (AvgIpc) is 2.72. The van der Waals surface area contributed by atoms with Crippen LogP contribution in [-0.4, -0.2) is 84.6 Å². The molecule has 4 rings (SSSR count). The second-order valence-electron chi connectivity index (χ2n) is 8.92. The van der Waals surface area contributed by atoms with Gasteiger partial charge in [0.05, 0.1) is 5.60 Å². The lowest BCUT2D eigenvalue weighted by Gasteiger charge is -2.47. The molecule has 2 atom stereocenters. The number of carbonyl (C=O) groups is 1. The second kappa shape index (κ2) is 8.50. The lowest BCUT2D eigenvalue weighted by Crippen LogP contribution is -2.60. The van der Waals surface area contributed by atoms with Crippen LogP contribution < -0.4 is 9.47 Å². The number of aliphatic hydroxyl groups excluding tert-OH is 1. The number of β-amino-alcohol motifs (C(OH)–C–C–N with tert-alkyl or cyclic N) is 1. The summed E-state index contributed by atoms with van der Waals surface area (Å²) in [6.45, 7) is 8.48. The van der Waals surface area contributed by atoms with Crippen LogP contribution in [0.4, 0.5) is 0 Å². The second-order valence-corrected chi connectivity index (χ2v) is 8.92. The van der Waals surface area contributed by atoms with Crippen LogP contribution in [0.25, 0.3) is 0 Å². The van der Waals surface area contributed by atoms with Gasteiger partial charge in [-0.2, -0.15) is 0 Å². The Hall–Kier alpha value is -1.83. The summed E-state index contributed by atoms with van der Waals surface area (Å²) in [5.41, 5.74) is -0.242. The summed E-state index contributed by atoms with van der Waals surface area (Å²) >= 11 is 0. The molecule has 29 heavy (non-hydrogen) atoms. The van der Waals surface area contributed by atoms with Gasteiger partial charge in [0, 0.05) is 32.7 Å². The Bertz CT molecular complexity index is 717. The first-order chi connectivity index (χ1) is 13.9. The van der Waals surface area contributed by atoms with E-state index in [2.05, 4.69) is 18.7 Å². The van der Waals surface area contributed by atoms with Crippen LogP contribution in [0.2, 0.25) is 0 Å². The zero-order valence-electron chi connectivity index (χ0n) is 17.4. The molecule has 3 heterocycles. The van der Waals surface area contributed by atoms with Crippen LogP contribution in [0.1, 0.15) is 26.7 Å². The largest absolute Gasteiger partial charge is 0.486 e. The Labute approximate surface area is 172 Å². The topological polar surface area (TPSA) is 71.5 Å². The molecule has 7 heteroatoms. The molecule has 1 amide bonds. The minimum absolute atomic E-state index is 0.0944. The lowest BCUT2D eigenvalue weighted by molar-refractivity contribution is -0.173. The van der Waals surface area contributed by atoms with E-state index in [9.17, 15) is 9.90 Å². The van der Waals surface area contributed by atoms with Crippen molar-refractivity contribution in [2.45, 2.75) is 44.5 Å². The summed E-state index contributed by atoms with van der Waals surface area (Å²) in [6, 6.07) is 7.55. The van der Waals surface area contributed by atoms with Crippen molar-refractivity contribution >= 4 is 5.91 Å². The number of morpholine rings is 1. The molecule has 3 aliphatic heterocycles. The summed E-state index contributed by atoms with van der Waals surface area (Å²) in [6.07, 6.45) is 0.744. The van der Waals surface area contributed by atoms with Gasteiger partial charge in [0.2, 0.25) is 5.91 Å². The number of fused-ring (bicyclic) bond motifs is 1. The number of para-hydroxylation sites is 2. The van der Waals surface area contributed by atoms with Crippen LogP contribution in [0.15, 0.2) is 24.3 Å². The Balaban J connectivity index is 1.28. The molecule has 7 nitrogen and oxygen atoms in total. The number of carbonyl (C=O) groups excluding carboxylic acids is 1. The minimum Gasteiger partial charge on any atom is -0.486 e. The Morgan fingerprint density at radius 2 is 1.90 bits per heavy atom. The van der Waals surface area contributed by atoms with Gasteiger partial charge in [0.15, 0.2) is 17.6 Å². The molecule has 160 valence electrons. The number of ether oxygens (including phenoxy) is 3. The highest BCUT2D eigenvalue weighted by atomic mass is 16.6. The summed E-state index contributed by atoms with van der Waals surface area (Å²) < 4.78 is 17.7. The molecular formula is C22H32N2O5. The molecule has 2 fully saturated rings. The van der Waals surface area contributed by atoms with Gasteiger partial charge in [-0.15, -0.1) is 0 Å².